The molecule has 8 nitrogen and oxygen atoms in total. The smallest absolute Gasteiger partial charge is 0.243 e. The Balaban J connectivity index is 1.48. The lowest BCUT2D eigenvalue weighted by Crippen LogP contribution is -2.42. The lowest BCUT2D eigenvalue weighted by molar-refractivity contribution is -0.127. The van der Waals surface area contributed by atoms with Crippen molar-refractivity contribution < 1.29 is 19.0 Å². The largest absolute Gasteiger partial charge is 0.493 e. The average molecular weight is 433 g/mol. The molecule has 1 aromatic rings. The highest BCUT2D eigenvalue weighted by Gasteiger charge is 2.22. The van der Waals surface area contributed by atoms with Gasteiger partial charge in [0, 0.05) is 59.1 Å². The van der Waals surface area contributed by atoms with Crippen molar-refractivity contribution in [2.75, 3.05) is 60.2 Å². The predicted molar refractivity (Wildman–Crippen MR) is 120 cm³/mol. The minimum absolute atomic E-state index is 0.0340. The Morgan fingerprint density at radius 1 is 1.19 bits per heavy atom. The van der Waals surface area contributed by atoms with E-state index in [9.17, 15) is 4.79 Å². The molecule has 3 rings (SSSR count). The molecule has 1 fully saturated rings. The molecule has 1 saturated heterocycles. The highest BCUT2D eigenvalue weighted by Crippen LogP contribution is 2.31. The van der Waals surface area contributed by atoms with E-state index in [1.54, 1.807) is 19.0 Å². The van der Waals surface area contributed by atoms with Crippen LogP contribution in [0.5, 0.6) is 5.75 Å². The molecule has 0 bridgehead atoms. The van der Waals surface area contributed by atoms with Crippen LogP contribution in [0.1, 0.15) is 37.3 Å². The summed E-state index contributed by atoms with van der Waals surface area (Å²) >= 11 is 0. The second kappa shape index (κ2) is 12.5. The maximum Gasteiger partial charge on any atom is 0.243 e. The number of aliphatic imine (C=N–C) groups is 1. The molecule has 31 heavy (non-hydrogen) atoms. The van der Waals surface area contributed by atoms with E-state index in [-0.39, 0.29) is 18.5 Å². The summed E-state index contributed by atoms with van der Waals surface area (Å²) in [5, 5.41) is 6.84. The molecule has 2 aliphatic heterocycles. The first-order chi connectivity index (χ1) is 15.1. The number of carbonyl (C=O) groups is 1. The second-order valence-corrected chi connectivity index (χ2v) is 8.24. The van der Waals surface area contributed by atoms with Gasteiger partial charge in [-0.3, -0.25) is 4.79 Å². The van der Waals surface area contributed by atoms with Gasteiger partial charge in [0.1, 0.15) is 12.3 Å². The Morgan fingerprint density at radius 2 is 2.00 bits per heavy atom. The summed E-state index contributed by atoms with van der Waals surface area (Å²) in [6, 6.07) is 8.13. The standard InChI is InChI=1S/C23H36N4O4/c1-27(2)22(28)16-25-23(24-11-5-12-30-17-18-8-13-29-14-9-18)26-20-10-15-31-21-7-4-3-6-19(20)21/h3-4,6-7,18,20H,5,8-17H2,1-2H3,(H2,24,25,26). The van der Waals surface area contributed by atoms with Crippen LogP contribution in [0, 0.1) is 5.92 Å². The zero-order valence-corrected chi connectivity index (χ0v) is 18.8. The Kier molecular flexibility index (Phi) is 9.42. The van der Waals surface area contributed by atoms with Crippen LogP contribution in [0.3, 0.4) is 0 Å². The summed E-state index contributed by atoms with van der Waals surface area (Å²) < 4.78 is 17.0. The summed E-state index contributed by atoms with van der Waals surface area (Å²) in [4.78, 5) is 18.1. The van der Waals surface area contributed by atoms with Crippen molar-refractivity contribution in [3.63, 3.8) is 0 Å². The molecular formula is C23H36N4O4. The van der Waals surface area contributed by atoms with Crippen LogP contribution in [0.15, 0.2) is 29.3 Å². The molecule has 0 saturated carbocycles. The maximum absolute atomic E-state index is 12.0. The lowest BCUT2D eigenvalue weighted by Gasteiger charge is -2.28. The first-order valence-corrected chi connectivity index (χ1v) is 11.3. The van der Waals surface area contributed by atoms with Gasteiger partial charge in [0.25, 0.3) is 0 Å². The molecule has 1 aromatic carbocycles. The van der Waals surface area contributed by atoms with Gasteiger partial charge in [0.15, 0.2) is 5.96 Å². The first-order valence-electron chi connectivity index (χ1n) is 11.3. The van der Waals surface area contributed by atoms with Crippen molar-refractivity contribution in [1.29, 1.82) is 0 Å². The van der Waals surface area contributed by atoms with Crippen LogP contribution in [0.25, 0.3) is 0 Å². The number of ether oxygens (including phenoxy) is 3. The zero-order valence-electron chi connectivity index (χ0n) is 18.8. The van der Waals surface area contributed by atoms with Crippen LogP contribution in [0.4, 0.5) is 0 Å². The average Bonchev–Trinajstić information content (AvgIpc) is 2.80. The molecule has 172 valence electrons. The highest BCUT2D eigenvalue weighted by molar-refractivity contribution is 5.85. The van der Waals surface area contributed by atoms with Crippen molar-refractivity contribution >= 4 is 11.9 Å². The Labute approximate surface area is 185 Å². The number of amides is 1. The van der Waals surface area contributed by atoms with Gasteiger partial charge in [0.05, 0.1) is 12.6 Å². The van der Waals surface area contributed by atoms with Crippen LogP contribution in [0.2, 0.25) is 0 Å². The van der Waals surface area contributed by atoms with Gasteiger partial charge in [0.2, 0.25) is 5.91 Å². The number of benzene rings is 1. The third kappa shape index (κ3) is 7.70. The van der Waals surface area contributed by atoms with E-state index >= 15 is 0 Å². The summed E-state index contributed by atoms with van der Waals surface area (Å²) in [6.45, 7) is 4.68. The highest BCUT2D eigenvalue weighted by atomic mass is 16.5. The monoisotopic (exact) mass is 432 g/mol. The van der Waals surface area contributed by atoms with Crippen molar-refractivity contribution in [2.45, 2.75) is 31.7 Å². The predicted octanol–water partition coefficient (Wildman–Crippen LogP) is 1.97. The summed E-state index contributed by atoms with van der Waals surface area (Å²) in [5.41, 5.74) is 1.11. The molecule has 0 aromatic heterocycles. The molecule has 8 heteroatoms. The fraction of sp³-hybridized carbons (Fsp3) is 0.652. The molecule has 1 amide bonds. The molecule has 1 unspecified atom stereocenters. The van der Waals surface area contributed by atoms with E-state index in [4.69, 9.17) is 14.2 Å². The van der Waals surface area contributed by atoms with Gasteiger partial charge in [-0.05, 0) is 31.2 Å². The van der Waals surface area contributed by atoms with Gasteiger partial charge in [-0.25, -0.2) is 4.99 Å². The fourth-order valence-corrected chi connectivity index (χ4v) is 3.64. The van der Waals surface area contributed by atoms with E-state index < -0.39 is 0 Å². The van der Waals surface area contributed by atoms with Crippen LogP contribution < -0.4 is 15.4 Å². The summed E-state index contributed by atoms with van der Waals surface area (Å²) in [6.07, 6.45) is 3.89. The number of nitrogens with one attached hydrogen (secondary N) is 2. The van der Waals surface area contributed by atoms with E-state index in [0.717, 1.165) is 63.4 Å². The topological polar surface area (TPSA) is 84.4 Å². The molecule has 1 atom stereocenters. The third-order valence-corrected chi connectivity index (χ3v) is 5.59. The molecule has 2 heterocycles. The zero-order chi connectivity index (χ0) is 21.9. The number of carbonyl (C=O) groups excluding carboxylic acids is 1. The molecule has 2 N–H and O–H groups in total. The van der Waals surface area contributed by atoms with Crippen LogP contribution in [-0.2, 0) is 14.3 Å². The number of para-hydroxylation sites is 1. The Hall–Kier alpha value is -2.32. The fourth-order valence-electron chi connectivity index (χ4n) is 3.64. The van der Waals surface area contributed by atoms with E-state index in [0.29, 0.717) is 25.1 Å². The van der Waals surface area contributed by atoms with Gasteiger partial charge in [-0.2, -0.15) is 0 Å². The number of fused-ring (bicyclic) bond motifs is 1. The van der Waals surface area contributed by atoms with Crippen molar-refractivity contribution in [3.8, 4) is 5.75 Å². The molecule has 0 aliphatic carbocycles. The van der Waals surface area contributed by atoms with Crippen molar-refractivity contribution in [3.05, 3.63) is 29.8 Å². The van der Waals surface area contributed by atoms with E-state index in [2.05, 4.69) is 21.7 Å². The van der Waals surface area contributed by atoms with Crippen LogP contribution >= 0.6 is 0 Å². The number of nitrogens with zero attached hydrogens (tertiary/aromatic N) is 2. The van der Waals surface area contributed by atoms with Gasteiger partial charge in [-0.1, -0.05) is 18.2 Å². The van der Waals surface area contributed by atoms with E-state index in [1.165, 1.54) is 0 Å². The van der Waals surface area contributed by atoms with E-state index in [1.807, 2.05) is 18.2 Å². The van der Waals surface area contributed by atoms with Crippen molar-refractivity contribution in [1.82, 2.24) is 15.5 Å². The Morgan fingerprint density at radius 3 is 2.81 bits per heavy atom. The molecule has 0 spiro atoms. The van der Waals surface area contributed by atoms with Gasteiger partial charge in [-0.15, -0.1) is 0 Å². The SMILES string of the molecule is CN(C)C(=O)CN=C(NCCCOCC1CCOCC1)NC1CCOc2ccccc21. The van der Waals surface area contributed by atoms with Gasteiger partial charge >= 0.3 is 0 Å². The number of likely N-dealkylation sites (N-methyl/N-ethyl adjacent to an activating group) is 1. The molecule has 0 radical (unpaired) electrons. The molecular weight excluding hydrogens is 396 g/mol. The Bertz CT molecular complexity index is 719. The quantitative estimate of drug-likeness (QED) is 0.353. The number of hydrogen-bond acceptors (Lipinski definition) is 5. The van der Waals surface area contributed by atoms with Crippen molar-refractivity contribution in [2.24, 2.45) is 10.9 Å². The summed E-state index contributed by atoms with van der Waals surface area (Å²) in [5.74, 6) is 2.12. The number of guanidine groups is 1. The third-order valence-electron chi connectivity index (χ3n) is 5.59. The first kappa shape index (κ1) is 23.3. The number of hydrogen-bond donors (Lipinski definition) is 2. The maximum atomic E-state index is 12.0. The minimum atomic E-state index is -0.0340. The normalized spacial score (nSPS) is 19.3. The molecule has 2 aliphatic rings. The van der Waals surface area contributed by atoms with Gasteiger partial charge < -0.3 is 29.7 Å². The second-order valence-electron chi connectivity index (χ2n) is 8.24. The van der Waals surface area contributed by atoms with Crippen LogP contribution in [-0.4, -0.2) is 77.0 Å². The number of rotatable bonds is 9. The minimum Gasteiger partial charge on any atom is -0.493 e. The lowest BCUT2D eigenvalue weighted by atomic mass is 10.0. The summed E-state index contributed by atoms with van der Waals surface area (Å²) in [7, 11) is 3.48.